The number of fused-ring (bicyclic) bond motifs is 6. The van der Waals surface area contributed by atoms with Crippen molar-refractivity contribution in [2.24, 2.45) is 0 Å². The number of nitrogens with zero attached hydrogens (tertiary/aromatic N) is 2. The molecule has 0 amide bonds. The summed E-state index contributed by atoms with van der Waals surface area (Å²) in [5, 5.41) is 0. The van der Waals surface area contributed by atoms with Crippen molar-refractivity contribution >= 4 is 0 Å². The lowest BCUT2D eigenvalue weighted by Crippen LogP contribution is -2.15. The van der Waals surface area contributed by atoms with E-state index in [0.29, 0.717) is 0 Å². The molecule has 2 heteroatoms. The Bertz CT molecular complexity index is 2930. The Labute approximate surface area is 353 Å². The van der Waals surface area contributed by atoms with E-state index in [1.165, 1.54) is 89.0 Å². The molecule has 0 radical (unpaired) electrons. The van der Waals surface area contributed by atoms with Gasteiger partial charge in [-0.25, -0.2) is 9.97 Å². The first kappa shape index (κ1) is 36.0. The summed E-state index contributed by atoms with van der Waals surface area (Å²) >= 11 is 0. The third-order valence-corrected chi connectivity index (χ3v) is 13.2. The topological polar surface area (TPSA) is 25.8 Å². The Hall–Kier alpha value is -7.16. The first-order chi connectivity index (χ1) is 29.2. The van der Waals surface area contributed by atoms with Gasteiger partial charge in [-0.05, 0) is 131 Å². The second-order valence-corrected chi connectivity index (χ2v) is 17.5. The van der Waals surface area contributed by atoms with Crippen LogP contribution in [0.2, 0.25) is 0 Å². The number of hydrogen-bond acceptors (Lipinski definition) is 2. The fourth-order valence-electron chi connectivity index (χ4n) is 9.84. The van der Waals surface area contributed by atoms with Gasteiger partial charge in [0.2, 0.25) is 0 Å². The van der Waals surface area contributed by atoms with E-state index in [0.717, 1.165) is 22.5 Å². The molecule has 0 atom stereocenters. The Morgan fingerprint density at radius 3 is 0.933 bits per heavy atom. The van der Waals surface area contributed by atoms with Crippen molar-refractivity contribution in [1.82, 2.24) is 9.97 Å². The lowest BCUT2D eigenvalue weighted by Gasteiger charge is -2.22. The molecule has 2 nitrogen and oxygen atoms in total. The smallest absolute Gasteiger partial charge is 0.116 e. The monoisotopic (exact) mass is 768 g/mol. The second-order valence-electron chi connectivity index (χ2n) is 17.5. The Kier molecular flexibility index (Phi) is 8.22. The van der Waals surface area contributed by atoms with E-state index in [9.17, 15) is 0 Å². The summed E-state index contributed by atoms with van der Waals surface area (Å²) in [6, 6.07) is 68.9. The molecule has 60 heavy (non-hydrogen) atoms. The van der Waals surface area contributed by atoms with Gasteiger partial charge in [0, 0.05) is 22.0 Å². The van der Waals surface area contributed by atoms with Gasteiger partial charge >= 0.3 is 0 Å². The van der Waals surface area contributed by atoms with Gasteiger partial charge in [0.05, 0.1) is 11.4 Å². The summed E-state index contributed by atoms with van der Waals surface area (Å²) in [6.07, 6.45) is 1.70. The molecule has 0 bridgehead atoms. The van der Waals surface area contributed by atoms with Crippen LogP contribution in [0, 0.1) is 0 Å². The van der Waals surface area contributed by atoms with Crippen molar-refractivity contribution in [3.05, 3.63) is 217 Å². The van der Waals surface area contributed by atoms with Crippen LogP contribution in [0.4, 0.5) is 0 Å². The van der Waals surface area contributed by atoms with Crippen molar-refractivity contribution in [1.29, 1.82) is 0 Å². The maximum Gasteiger partial charge on any atom is 0.116 e. The molecule has 286 valence electrons. The molecule has 1 heterocycles. The molecular formula is C58H44N2. The quantitative estimate of drug-likeness (QED) is 0.168. The van der Waals surface area contributed by atoms with Crippen LogP contribution < -0.4 is 0 Å². The molecule has 0 N–H and O–H groups in total. The molecule has 1 aromatic heterocycles. The van der Waals surface area contributed by atoms with Gasteiger partial charge in [0.25, 0.3) is 0 Å². The van der Waals surface area contributed by atoms with E-state index in [2.05, 4.69) is 216 Å². The average molecular weight is 769 g/mol. The highest BCUT2D eigenvalue weighted by molar-refractivity contribution is 5.88. The SMILES string of the molecule is CC1(C)c2cc(-c3ccccc3)ccc2-c2ccc(-c3cccc(-c4cc(-c5cccc(-c6ccc7c(c6)C(C)(C)c6cc(-c8ccccc8)ccc6-7)c5)ncn4)c3)cc21. The van der Waals surface area contributed by atoms with E-state index in [-0.39, 0.29) is 10.8 Å². The molecular weight excluding hydrogens is 725 g/mol. The Balaban J connectivity index is 0.878. The van der Waals surface area contributed by atoms with Gasteiger partial charge in [-0.2, -0.15) is 0 Å². The van der Waals surface area contributed by atoms with Gasteiger partial charge in [0.15, 0.2) is 0 Å². The molecule has 0 saturated heterocycles. The molecule has 2 aliphatic rings. The molecule has 0 aliphatic heterocycles. The third-order valence-electron chi connectivity index (χ3n) is 13.2. The number of benzene rings is 8. The molecule has 9 aromatic rings. The third kappa shape index (κ3) is 5.86. The molecule has 8 aromatic carbocycles. The van der Waals surface area contributed by atoms with E-state index >= 15 is 0 Å². The molecule has 0 fully saturated rings. The van der Waals surface area contributed by atoms with Crippen LogP contribution in [0.5, 0.6) is 0 Å². The first-order valence-corrected chi connectivity index (χ1v) is 21.0. The highest BCUT2D eigenvalue weighted by atomic mass is 14.8. The van der Waals surface area contributed by atoms with Crippen LogP contribution >= 0.6 is 0 Å². The van der Waals surface area contributed by atoms with Crippen molar-refractivity contribution < 1.29 is 0 Å². The second kappa shape index (κ2) is 13.7. The summed E-state index contributed by atoms with van der Waals surface area (Å²) in [5.41, 5.74) is 24.3. The van der Waals surface area contributed by atoms with Gasteiger partial charge < -0.3 is 0 Å². The Morgan fingerprint density at radius 2 is 0.567 bits per heavy atom. The first-order valence-electron chi connectivity index (χ1n) is 21.0. The van der Waals surface area contributed by atoms with E-state index in [4.69, 9.17) is 9.97 Å². The van der Waals surface area contributed by atoms with Crippen molar-refractivity contribution in [2.45, 2.75) is 38.5 Å². The zero-order valence-electron chi connectivity index (χ0n) is 34.4. The lowest BCUT2D eigenvalue weighted by molar-refractivity contribution is 0.660. The van der Waals surface area contributed by atoms with Crippen LogP contribution in [0.15, 0.2) is 194 Å². The predicted molar refractivity (Wildman–Crippen MR) is 250 cm³/mol. The Morgan fingerprint density at radius 1 is 0.267 bits per heavy atom. The van der Waals surface area contributed by atoms with Gasteiger partial charge in [-0.15, -0.1) is 0 Å². The van der Waals surface area contributed by atoms with Crippen molar-refractivity contribution in [2.75, 3.05) is 0 Å². The van der Waals surface area contributed by atoms with Crippen LogP contribution in [-0.4, -0.2) is 9.97 Å². The molecule has 0 saturated carbocycles. The van der Waals surface area contributed by atoms with Crippen molar-refractivity contribution in [3.63, 3.8) is 0 Å². The normalized spacial score (nSPS) is 13.9. The zero-order chi connectivity index (χ0) is 40.6. The molecule has 2 aliphatic carbocycles. The minimum Gasteiger partial charge on any atom is -0.236 e. The largest absolute Gasteiger partial charge is 0.236 e. The van der Waals surface area contributed by atoms with Crippen molar-refractivity contribution in [3.8, 4) is 89.3 Å². The number of rotatable bonds is 6. The highest BCUT2D eigenvalue weighted by Crippen LogP contribution is 2.52. The van der Waals surface area contributed by atoms with E-state index in [1.54, 1.807) is 6.33 Å². The van der Waals surface area contributed by atoms with Crippen LogP contribution in [0.1, 0.15) is 49.9 Å². The van der Waals surface area contributed by atoms with Crippen LogP contribution in [0.3, 0.4) is 0 Å². The predicted octanol–water partition coefficient (Wildman–Crippen LogP) is 15.1. The van der Waals surface area contributed by atoms with Gasteiger partial charge in [0.1, 0.15) is 6.33 Å². The molecule has 0 unspecified atom stereocenters. The van der Waals surface area contributed by atoms with Crippen LogP contribution in [0.25, 0.3) is 89.3 Å². The maximum atomic E-state index is 4.78. The fourth-order valence-corrected chi connectivity index (χ4v) is 9.84. The molecule has 0 spiro atoms. The minimum atomic E-state index is -0.118. The summed E-state index contributed by atoms with van der Waals surface area (Å²) in [7, 11) is 0. The van der Waals surface area contributed by atoms with Gasteiger partial charge in [-0.1, -0.05) is 173 Å². The number of hydrogen-bond donors (Lipinski definition) is 0. The standard InChI is InChI=1S/C58H44N2/c1-57(2)51-31-41(37-13-7-5-8-14-37)21-25-47(51)49-27-23-43(33-53(49)57)39-17-11-19-45(29-39)55-35-56(60-36-59-55)46-20-12-18-40(30-46)44-24-28-50-48-26-22-42(38-15-9-6-10-16-38)32-52(48)58(3,4)54(50)34-44/h5-36H,1-4H3. The van der Waals surface area contributed by atoms with E-state index < -0.39 is 0 Å². The average Bonchev–Trinajstić information content (AvgIpc) is 3.67. The fraction of sp³-hybridized carbons (Fsp3) is 0.103. The minimum absolute atomic E-state index is 0.118. The highest BCUT2D eigenvalue weighted by Gasteiger charge is 2.37. The molecule has 11 rings (SSSR count). The van der Waals surface area contributed by atoms with Gasteiger partial charge in [-0.3, -0.25) is 0 Å². The zero-order valence-corrected chi connectivity index (χ0v) is 34.4. The maximum absolute atomic E-state index is 4.78. The summed E-state index contributed by atoms with van der Waals surface area (Å²) < 4.78 is 0. The number of aromatic nitrogens is 2. The summed E-state index contributed by atoms with van der Waals surface area (Å²) in [6.45, 7) is 9.43. The lowest BCUT2D eigenvalue weighted by atomic mass is 9.81. The van der Waals surface area contributed by atoms with Crippen LogP contribution in [-0.2, 0) is 10.8 Å². The van der Waals surface area contributed by atoms with E-state index in [1.807, 2.05) is 0 Å². The summed E-state index contributed by atoms with van der Waals surface area (Å²) in [4.78, 5) is 9.56. The summed E-state index contributed by atoms with van der Waals surface area (Å²) in [5.74, 6) is 0.